The van der Waals surface area contributed by atoms with Crippen LogP contribution in [0.1, 0.15) is 45.4 Å². The van der Waals surface area contributed by atoms with Crippen molar-refractivity contribution in [2.75, 3.05) is 44.8 Å². The molecule has 2 aliphatic rings. The van der Waals surface area contributed by atoms with Crippen LogP contribution in [0.15, 0.2) is 29.3 Å². The Labute approximate surface area is 203 Å². The Bertz CT molecular complexity index is 710. The second-order valence-electron chi connectivity index (χ2n) is 7.91. The first-order chi connectivity index (χ1) is 14.7. The van der Waals surface area contributed by atoms with E-state index in [1.54, 1.807) is 7.05 Å². The Kier molecular flexibility index (Phi) is 11.4. The van der Waals surface area contributed by atoms with E-state index in [9.17, 15) is 4.79 Å². The number of nitrogens with one attached hydrogen (secondary N) is 2. The number of rotatable bonds is 10. The quantitative estimate of drug-likeness (QED) is 0.204. The van der Waals surface area contributed by atoms with Crippen LogP contribution in [0.25, 0.3) is 0 Å². The smallest absolute Gasteiger partial charge is 0.265 e. The van der Waals surface area contributed by atoms with Gasteiger partial charge in [-0.15, -0.1) is 24.0 Å². The number of anilines is 1. The van der Waals surface area contributed by atoms with Gasteiger partial charge in [-0.25, -0.2) is 0 Å². The van der Waals surface area contributed by atoms with Gasteiger partial charge in [-0.2, -0.15) is 0 Å². The van der Waals surface area contributed by atoms with Crippen LogP contribution in [-0.4, -0.2) is 57.9 Å². The first kappa shape index (κ1) is 25.7. The number of hydrogen-bond acceptors (Lipinski definition) is 4. The highest BCUT2D eigenvalue weighted by atomic mass is 127. The molecule has 8 heteroatoms. The molecule has 1 atom stereocenters. The van der Waals surface area contributed by atoms with E-state index in [4.69, 9.17) is 9.47 Å². The second kappa shape index (κ2) is 13.8. The lowest BCUT2D eigenvalue weighted by Gasteiger charge is -2.29. The Morgan fingerprint density at radius 2 is 2.00 bits per heavy atom. The summed E-state index contributed by atoms with van der Waals surface area (Å²) in [6.45, 7) is 5.19. The number of nitrogens with zero attached hydrogens (tertiary/aromatic N) is 2. The number of amides is 1. The van der Waals surface area contributed by atoms with Gasteiger partial charge in [0, 0.05) is 33.3 Å². The monoisotopic (exact) mass is 544 g/mol. The van der Waals surface area contributed by atoms with Crippen LogP contribution in [0, 0.1) is 5.92 Å². The van der Waals surface area contributed by atoms with Crippen LogP contribution in [0.3, 0.4) is 0 Å². The van der Waals surface area contributed by atoms with Gasteiger partial charge >= 0.3 is 0 Å². The van der Waals surface area contributed by atoms with Crippen LogP contribution in [-0.2, 0) is 9.53 Å². The van der Waals surface area contributed by atoms with E-state index in [2.05, 4.69) is 22.5 Å². The molecule has 0 aromatic heterocycles. The van der Waals surface area contributed by atoms with Crippen molar-refractivity contribution in [1.82, 2.24) is 10.6 Å². The molecule has 1 unspecified atom stereocenters. The first-order valence-electron chi connectivity index (χ1n) is 11.3. The van der Waals surface area contributed by atoms with Gasteiger partial charge in [0.2, 0.25) is 0 Å². The third kappa shape index (κ3) is 7.52. The molecule has 174 valence electrons. The van der Waals surface area contributed by atoms with E-state index in [1.807, 2.05) is 29.2 Å². The van der Waals surface area contributed by atoms with E-state index in [0.29, 0.717) is 18.6 Å². The highest BCUT2D eigenvalue weighted by Gasteiger charge is 2.25. The second-order valence-corrected chi connectivity index (χ2v) is 7.91. The number of benzene rings is 1. The zero-order valence-corrected chi connectivity index (χ0v) is 21.1. The van der Waals surface area contributed by atoms with Crippen LogP contribution < -0.4 is 20.3 Å². The largest absolute Gasteiger partial charge is 0.482 e. The third-order valence-corrected chi connectivity index (χ3v) is 5.91. The highest BCUT2D eigenvalue weighted by Crippen LogP contribution is 2.31. The van der Waals surface area contributed by atoms with E-state index < -0.39 is 0 Å². The molecule has 0 saturated heterocycles. The van der Waals surface area contributed by atoms with Gasteiger partial charge in [0.15, 0.2) is 12.6 Å². The molecule has 0 radical (unpaired) electrons. The lowest BCUT2D eigenvalue weighted by Crippen LogP contribution is -2.42. The predicted molar refractivity (Wildman–Crippen MR) is 136 cm³/mol. The predicted octanol–water partition coefficient (Wildman–Crippen LogP) is 3.57. The molecule has 7 nitrogen and oxygen atoms in total. The number of carbonyl (C=O) groups excluding carboxylic acids is 1. The average molecular weight is 544 g/mol. The first-order valence-corrected chi connectivity index (χ1v) is 11.3. The minimum Gasteiger partial charge on any atom is -0.482 e. The van der Waals surface area contributed by atoms with Crippen molar-refractivity contribution in [2.45, 2.75) is 51.6 Å². The van der Waals surface area contributed by atoms with Gasteiger partial charge in [-0.05, 0) is 50.7 Å². The molecule has 2 N–H and O–H groups in total. The minimum absolute atomic E-state index is 0. The molecule has 1 aliphatic heterocycles. The molecule has 31 heavy (non-hydrogen) atoms. The van der Waals surface area contributed by atoms with Gasteiger partial charge in [0.25, 0.3) is 5.91 Å². The lowest BCUT2D eigenvalue weighted by molar-refractivity contribution is -0.121. The Morgan fingerprint density at radius 1 is 1.26 bits per heavy atom. The third-order valence-electron chi connectivity index (χ3n) is 5.91. The molecule has 1 aliphatic carbocycles. The summed E-state index contributed by atoms with van der Waals surface area (Å²) in [7, 11) is 1.79. The van der Waals surface area contributed by atoms with E-state index >= 15 is 0 Å². The van der Waals surface area contributed by atoms with Crippen molar-refractivity contribution in [3.63, 3.8) is 0 Å². The van der Waals surface area contributed by atoms with Gasteiger partial charge in [0.05, 0.1) is 11.8 Å². The summed E-state index contributed by atoms with van der Waals surface area (Å²) in [5.41, 5.74) is 0.852. The van der Waals surface area contributed by atoms with Gasteiger partial charge in [-0.3, -0.25) is 9.79 Å². The fraction of sp³-hybridized carbons (Fsp3) is 0.652. The molecule has 1 aromatic rings. The molecule has 1 amide bonds. The van der Waals surface area contributed by atoms with E-state index in [-0.39, 0.29) is 36.5 Å². The van der Waals surface area contributed by atoms with Gasteiger partial charge in [0.1, 0.15) is 5.75 Å². The zero-order chi connectivity index (χ0) is 21.2. The minimum atomic E-state index is 0. The van der Waals surface area contributed by atoms with Crippen LogP contribution in [0.2, 0.25) is 0 Å². The van der Waals surface area contributed by atoms with Crippen molar-refractivity contribution in [3.8, 4) is 5.75 Å². The Hall–Kier alpha value is -1.55. The van der Waals surface area contributed by atoms with E-state index in [0.717, 1.165) is 49.9 Å². The molecule has 1 heterocycles. The normalized spacial score (nSPS) is 17.5. The number of hydrogen-bond donors (Lipinski definition) is 2. The standard InChI is InChI=1S/C23H36N4O3.HI/c1-3-29-20(18-9-4-5-10-18)13-15-26-23(24-2)25-14-8-16-27-19-11-6-7-12-21(19)30-17-22(27)28;/h6-7,11-12,18,20H,3-5,8-10,13-17H2,1-2H3,(H2,24,25,26);1H. The summed E-state index contributed by atoms with van der Waals surface area (Å²) in [4.78, 5) is 18.4. The van der Waals surface area contributed by atoms with Crippen molar-refractivity contribution in [2.24, 2.45) is 10.9 Å². The molecular weight excluding hydrogens is 507 g/mol. The zero-order valence-electron chi connectivity index (χ0n) is 18.8. The number of ether oxygens (including phenoxy) is 2. The molecule has 1 aromatic carbocycles. The van der Waals surface area contributed by atoms with Crippen molar-refractivity contribution in [1.29, 1.82) is 0 Å². The molecule has 3 rings (SSSR count). The van der Waals surface area contributed by atoms with Crippen LogP contribution in [0.5, 0.6) is 5.75 Å². The number of halogens is 1. The Morgan fingerprint density at radius 3 is 2.74 bits per heavy atom. The molecule has 0 spiro atoms. The van der Waals surface area contributed by atoms with Crippen LogP contribution >= 0.6 is 24.0 Å². The van der Waals surface area contributed by atoms with Crippen molar-refractivity contribution in [3.05, 3.63) is 24.3 Å². The maximum atomic E-state index is 12.2. The summed E-state index contributed by atoms with van der Waals surface area (Å²) in [5, 5.41) is 6.75. The molecular formula is C23H37IN4O3. The number of para-hydroxylation sites is 2. The number of carbonyl (C=O) groups is 1. The molecule has 0 bridgehead atoms. The van der Waals surface area contributed by atoms with E-state index in [1.165, 1.54) is 25.7 Å². The maximum absolute atomic E-state index is 12.2. The molecule has 1 fully saturated rings. The number of aliphatic imine (C=N–C) groups is 1. The fourth-order valence-electron chi connectivity index (χ4n) is 4.39. The summed E-state index contributed by atoms with van der Waals surface area (Å²) in [5.74, 6) is 2.28. The van der Waals surface area contributed by atoms with Gasteiger partial charge < -0.3 is 25.0 Å². The highest BCUT2D eigenvalue weighted by molar-refractivity contribution is 14.0. The summed E-state index contributed by atoms with van der Waals surface area (Å²) < 4.78 is 11.5. The lowest BCUT2D eigenvalue weighted by atomic mass is 9.98. The summed E-state index contributed by atoms with van der Waals surface area (Å²) in [6, 6.07) is 7.69. The maximum Gasteiger partial charge on any atom is 0.265 e. The van der Waals surface area contributed by atoms with Crippen LogP contribution in [0.4, 0.5) is 5.69 Å². The van der Waals surface area contributed by atoms with Gasteiger partial charge in [-0.1, -0.05) is 25.0 Å². The Balaban J connectivity index is 0.00000341. The SMILES string of the molecule is CCOC(CCNC(=NC)NCCCN1C(=O)COc2ccccc21)C1CCCC1.I. The fourth-order valence-corrected chi connectivity index (χ4v) is 4.39. The van der Waals surface area contributed by atoms with Crippen molar-refractivity contribution >= 4 is 41.5 Å². The van der Waals surface area contributed by atoms with Crippen molar-refractivity contribution < 1.29 is 14.3 Å². The number of guanidine groups is 1. The summed E-state index contributed by atoms with van der Waals surface area (Å²) in [6.07, 6.45) is 7.42. The topological polar surface area (TPSA) is 75.2 Å². The molecule has 1 saturated carbocycles. The summed E-state index contributed by atoms with van der Waals surface area (Å²) >= 11 is 0. The number of fused-ring (bicyclic) bond motifs is 1. The average Bonchev–Trinajstić information content (AvgIpc) is 3.30.